The molecule has 0 spiro atoms. The van der Waals surface area contributed by atoms with Crippen LogP contribution in [0.1, 0.15) is 12.5 Å². The van der Waals surface area contributed by atoms with Gasteiger partial charge in [-0.1, -0.05) is 12.1 Å². The van der Waals surface area contributed by atoms with Crippen molar-refractivity contribution in [3.8, 4) is 0 Å². The lowest BCUT2D eigenvalue weighted by molar-refractivity contribution is -0.121. The third kappa shape index (κ3) is 4.52. The Morgan fingerprint density at radius 3 is 3.00 bits per heavy atom. The van der Waals surface area contributed by atoms with Crippen LogP contribution >= 0.6 is 11.3 Å². The van der Waals surface area contributed by atoms with Gasteiger partial charge in [-0.05, 0) is 41.8 Å². The molecular weight excluding hydrogens is 286 g/mol. The second-order valence-electron chi connectivity index (χ2n) is 5.03. The van der Waals surface area contributed by atoms with Crippen LogP contribution in [0.25, 0.3) is 10.1 Å². The topological polar surface area (TPSA) is 49.8 Å². The molecule has 2 aromatic rings. The van der Waals surface area contributed by atoms with Crippen molar-refractivity contribution >= 4 is 27.8 Å². The van der Waals surface area contributed by atoms with Gasteiger partial charge < -0.3 is 14.7 Å². The van der Waals surface area contributed by atoms with Crippen LogP contribution in [-0.2, 0) is 16.0 Å². The summed E-state index contributed by atoms with van der Waals surface area (Å²) in [6.45, 7) is 3.41. The van der Waals surface area contributed by atoms with E-state index in [0.717, 1.165) is 12.8 Å². The van der Waals surface area contributed by atoms with Crippen molar-refractivity contribution in [1.29, 1.82) is 0 Å². The predicted molar refractivity (Wildman–Crippen MR) is 85.7 cm³/mol. The van der Waals surface area contributed by atoms with Crippen molar-refractivity contribution in [1.82, 2.24) is 4.90 Å². The summed E-state index contributed by atoms with van der Waals surface area (Å²) in [5.41, 5.74) is 1.26. The molecule has 0 aliphatic carbocycles. The number of aliphatic hydroxyl groups excluding tert-OH is 1. The smallest absolute Gasteiger partial charge is 0.210 e. The number of nitrogens with zero attached hydrogens (tertiary/aromatic N) is 1. The summed E-state index contributed by atoms with van der Waals surface area (Å²) in [6, 6.07) is 8.44. The average molecular weight is 307 g/mol. The van der Waals surface area contributed by atoms with Gasteiger partial charge in [0.25, 0.3) is 0 Å². The molecule has 1 aromatic carbocycles. The van der Waals surface area contributed by atoms with Gasteiger partial charge in [0.1, 0.15) is 0 Å². The Labute approximate surface area is 129 Å². The SMILES string of the molecule is CC(CO)N(C=O)CCOCCc1ccc2sccc2c1. The Bertz CT molecular complexity index is 569. The second kappa shape index (κ2) is 8.12. The van der Waals surface area contributed by atoms with Gasteiger partial charge in [0.05, 0.1) is 25.9 Å². The zero-order valence-electron chi connectivity index (χ0n) is 12.2. The van der Waals surface area contributed by atoms with E-state index < -0.39 is 0 Å². The summed E-state index contributed by atoms with van der Waals surface area (Å²) < 4.78 is 6.88. The first kappa shape index (κ1) is 15.9. The number of carbonyl (C=O) groups is 1. The van der Waals surface area contributed by atoms with Crippen molar-refractivity contribution in [2.45, 2.75) is 19.4 Å². The summed E-state index contributed by atoms with van der Waals surface area (Å²) in [5.74, 6) is 0. The first-order chi connectivity index (χ1) is 10.2. The lowest BCUT2D eigenvalue weighted by atomic mass is 10.1. The van der Waals surface area contributed by atoms with Crippen molar-refractivity contribution < 1.29 is 14.6 Å². The third-order valence-corrected chi connectivity index (χ3v) is 4.41. The minimum absolute atomic E-state index is 0.0284. The predicted octanol–water partition coefficient (Wildman–Crippen LogP) is 2.30. The van der Waals surface area contributed by atoms with Crippen molar-refractivity contribution in [3.63, 3.8) is 0 Å². The number of thiophene rings is 1. The van der Waals surface area contributed by atoms with Crippen LogP contribution in [0.2, 0.25) is 0 Å². The molecule has 2 rings (SSSR count). The quantitative estimate of drug-likeness (QED) is 0.571. The molecule has 0 aliphatic heterocycles. The molecule has 0 radical (unpaired) electrons. The molecule has 0 aliphatic rings. The van der Waals surface area contributed by atoms with Gasteiger partial charge in [-0.2, -0.15) is 0 Å². The number of carbonyl (C=O) groups excluding carboxylic acids is 1. The highest BCUT2D eigenvalue weighted by molar-refractivity contribution is 7.17. The van der Waals surface area contributed by atoms with Crippen molar-refractivity contribution in [3.05, 3.63) is 35.2 Å². The fourth-order valence-corrected chi connectivity index (χ4v) is 2.89. The van der Waals surface area contributed by atoms with Gasteiger partial charge in [-0.15, -0.1) is 11.3 Å². The largest absolute Gasteiger partial charge is 0.394 e. The zero-order valence-corrected chi connectivity index (χ0v) is 13.0. The first-order valence-corrected chi connectivity index (χ1v) is 7.98. The maximum absolute atomic E-state index is 10.8. The minimum Gasteiger partial charge on any atom is -0.394 e. The molecule has 1 atom stereocenters. The Morgan fingerprint density at radius 1 is 1.38 bits per heavy atom. The summed E-state index contributed by atoms with van der Waals surface area (Å²) in [6.07, 6.45) is 1.62. The monoisotopic (exact) mass is 307 g/mol. The normalized spacial score (nSPS) is 12.5. The number of ether oxygens (including phenoxy) is 1. The Morgan fingerprint density at radius 2 is 2.24 bits per heavy atom. The Kier molecular flexibility index (Phi) is 6.17. The van der Waals surface area contributed by atoms with Crippen LogP contribution in [0.3, 0.4) is 0 Å². The van der Waals surface area contributed by atoms with E-state index in [1.54, 1.807) is 16.2 Å². The summed E-state index contributed by atoms with van der Waals surface area (Å²) in [5, 5.41) is 12.4. The fraction of sp³-hybridized carbons (Fsp3) is 0.438. The summed E-state index contributed by atoms with van der Waals surface area (Å²) >= 11 is 1.75. The standard InChI is InChI=1S/C16H21NO3S/c1-13(11-18)17(12-19)6-8-20-7-4-14-2-3-16-15(10-14)5-9-21-16/h2-3,5,9-10,12-13,18H,4,6-8,11H2,1H3. The minimum atomic E-state index is -0.160. The van der Waals surface area contributed by atoms with E-state index in [2.05, 4.69) is 29.6 Å². The average Bonchev–Trinajstić information content (AvgIpc) is 2.97. The van der Waals surface area contributed by atoms with Crippen molar-refractivity contribution in [2.75, 3.05) is 26.4 Å². The first-order valence-electron chi connectivity index (χ1n) is 7.10. The number of hydrogen-bond donors (Lipinski definition) is 1. The van der Waals surface area contributed by atoms with E-state index in [1.807, 2.05) is 6.92 Å². The summed E-state index contributed by atoms with van der Waals surface area (Å²) in [4.78, 5) is 12.4. The van der Waals surface area contributed by atoms with E-state index in [0.29, 0.717) is 19.8 Å². The molecule has 0 bridgehead atoms. The van der Waals surface area contributed by atoms with Gasteiger partial charge in [-0.25, -0.2) is 0 Å². The number of amides is 1. The van der Waals surface area contributed by atoms with E-state index in [1.165, 1.54) is 15.6 Å². The molecule has 1 amide bonds. The highest BCUT2D eigenvalue weighted by Crippen LogP contribution is 2.21. The number of hydrogen-bond acceptors (Lipinski definition) is 4. The van der Waals surface area contributed by atoms with Crippen LogP contribution in [-0.4, -0.2) is 48.8 Å². The van der Waals surface area contributed by atoms with E-state index >= 15 is 0 Å². The molecule has 0 saturated heterocycles. The lowest BCUT2D eigenvalue weighted by Gasteiger charge is -2.23. The molecule has 1 aromatic heterocycles. The van der Waals surface area contributed by atoms with Gasteiger partial charge in [-0.3, -0.25) is 4.79 Å². The van der Waals surface area contributed by atoms with E-state index in [9.17, 15) is 4.79 Å². The molecule has 0 fully saturated rings. The number of benzene rings is 1. The Hall–Kier alpha value is -1.43. The molecule has 114 valence electrons. The van der Waals surface area contributed by atoms with E-state index in [4.69, 9.17) is 9.84 Å². The zero-order chi connectivity index (χ0) is 15.1. The maximum atomic E-state index is 10.8. The van der Waals surface area contributed by atoms with Crippen LogP contribution in [0.15, 0.2) is 29.6 Å². The van der Waals surface area contributed by atoms with Crippen LogP contribution < -0.4 is 0 Å². The molecule has 0 saturated carbocycles. The number of aliphatic hydroxyl groups is 1. The van der Waals surface area contributed by atoms with Gasteiger partial charge in [0.2, 0.25) is 6.41 Å². The number of rotatable bonds is 9. The Balaban J connectivity index is 1.70. The summed E-state index contributed by atoms with van der Waals surface area (Å²) in [7, 11) is 0. The highest BCUT2D eigenvalue weighted by Gasteiger charge is 2.09. The van der Waals surface area contributed by atoms with Crippen LogP contribution in [0, 0.1) is 0 Å². The third-order valence-electron chi connectivity index (χ3n) is 3.51. The molecule has 1 N–H and O–H groups in total. The molecule has 5 heteroatoms. The maximum Gasteiger partial charge on any atom is 0.210 e. The van der Waals surface area contributed by atoms with Crippen molar-refractivity contribution in [2.24, 2.45) is 0 Å². The van der Waals surface area contributed by atoms with Crippen LogP contribution in [0.4, 0.5) is 0 Å². The lowest BCUT2D eigenvalue weighted by Crippen LogP contribution is -2.37. The van der Waals surface area contributed by atoms with Crippen LogP contribution in [0.5, 0.6) is 0 Å². The molecule has 1 unspecified atom stereocenters. The molecular formula is C16H21NO3S. The van der Waals surface area contributed by atoms with E-state index in [-0.39, 0.29) is 12.6 Å². The molecule has 4 nitrogen and oxygen atoms in total. The number of fused-ring (bicyclic) bond motifs is 1. The van der Waals surface area contributed by atoms with Gasteiger partial charge in [0, 0.05) is 11.2 Å². The highest BCUT2D eigenvalue weighted by atomic mass is 32.1. The van der Waals surface area contributed by atoms with Gasteiger partial charge in [0.15, 0.2) is 0 Å². The fourth-order valence-electron chi connectivity index (χ4n) is 2.12. The second-order valence-corrected chi connectivity index (χ2v) is 5.98. The van der Waals surface area contributed by atoms with Gasteiger partial charge >= 0.3 is 0 Å². The molecule has 1 heterocycles. The molecule has 21 heavy (non-hydrogen) atoms.